The molecule has 1 fully saturated rings. The Kier molecular flexibility index (Phi) is 7.20. The molecule has 0 heterocycles. The Bertz CT molecular complexity index is 216. The molecule has 3 unspecified atom stereocenters. The fraction of sp³-hybridized carbons (Fsp3) is 1.00. The van der Waals surface area contributed by atoms with Crippen molar-refractivity contribution in [3.8, 4) is 0 Å². The monoisotopic (exact) mass is 255 g/mol. The lowest BCUT2D eigenvalue weighted by molar-refractivity contribution is 0.0916. The van der Waals surface area contributed by atoms with Gasteiger partial charge in [-0.3, -0.25) is 4.90 Å². The van der Waals surface area contributed by atoms with Gasteiger partial charge in [-0.25, -0.2) is 0 Å². The summed E-state index contributed by atoms with van der Waals surface area (Å²) >= 11 is 0. The number of rotatable bonds is 7. The van der Waals surface area contributed by atoms with E-state index in [4.69, 9.17) is 0 Å². The van der Waals surface area contributed by atoms with E-state index in [2.05, 4.69) is 50.0 Å². The molecule has 0 radical (unpaired) electrons. The van der Waals surface area contributed by atoms with Crippen LogP contribution in [0.15, 0.2) is 0 Å². The summed E-state index contributed by atoms with van der Waals surface area (Å²) in [6.07, 6.45) is 5.46. The molecule has 0 aromatic rings. The first-order valence-corrected chi connectivity index (χ1v) is 7.72. The maximum absolute atomic E-state index is 3.64. The average Bonchev–Trinajstić information content (AvgIpc) is 2.30. The molecule has 0 amide bonds. The molecule has 0 saturated heterocycles. The molecule has 0 aromatic heterocycles. The molecule has 0 aliphatic heterocycles. The first kappa shape index (κ1) is 15.9. The molecule has 1 aliphatic carbocycles. The third-order valence-corrected chi connectivity index (χ3v) is 4.17. The minimum absolute atomic E-state index is 0.662. The molecule has 3 heteroatoms. The lowest BCUT2D eigenvalue weighted by atomic mass is 9.89. The van der Waals surface area contributed by atoms with E-state index in [9.17, 15) is 0 Å². The van der Waals surface area contributed by atoms with Crippen LogP contribution < -0.4 is 5.32 Å². The Morgan fingerprint density at radius 3 is 2.50 bits per heavy atom. The Hall–Kier alpha value is -0.120. The van der Waals surface area contributed by atoms with Gasteiger partial charge in [-0.2, -0.15) is 0 Å². The number of likely N-dealkylation sites (N-methyl/N-ethyl adjacent to an activating group) is 2. The molecule has 0 spiro atoms. The van der Waals surface area contributed by atoms with Gasteiger partial charge >= 0.3 is 0 Å². The van der Waals surface area contributed by atoms with Gasteiger partial charge in [0.2, 0.25) is 0 Å². The number of nitrogens with zero attached hydrogens (tertiary/aromatic N) is 2. The lowest BCUT2D eigenvalue weighted by Crippen LogP contribution is -2.50. The van der Waals surface area contributed by atoms with Crippen molar-refractivity contribution in [2.75, 3.05) is 33.7 Å². The van der Waals surface area contributed by atoms with Crippen LogP contribution in [0, 0.1) is 0 Å². The van der Waals surface area contributed by atoms with Crippen molar-refractivity contribution in [3.05, 3.63) is 0 Å². The highest BCUT2D eigenvalue weighted by atomic mass is 15.2. The second kappa shape index (κ2) is 8.13. The largest absolute Gasteiger partial charge is 0.314 e. The number of nitrogens with one attached hydrogen (secondary N) is 1. The van der Waals surface area contributed by atoms with Crippen molar-refractivity contribution in [2.24, 2.45) is 0 Å². The summed E-state index contributed by atoms with van der Waals surface area (Å²) in [5.74, 6) is 0. The van der Waals surface area contributed by atoms with Crippen LogP contribution in [-0.2, 0) is 0 Å². The molecule has 18 heavy (non-hydrogen) atoms. The Morgan fingerprint density at radius 2 is 1.94 bits per heavy atom. The van der Waals surface area contributed by atoms with Gasteiger partial charge in [0.15, 0.2) is 0 Å². The van der Waals surface area contributed by atoms with Crippen molar-refractivity contribution < 1.29 is 0 Å². The highest BCUT2D eigenvalue weighted by Crippen LogP contribution is 2.24. The van der Waals surface area contributed by atoms with E-state index < -0.39 is 0 Å². The first-order chi connectivity index (χ1) is 8.58. The minimum Gasteiger partial charge on any atom is -0.314 e. The summed E-state index contributed by atoms with van der Waals surface area (Å²) < 4.78 is 0. The van der Waals surface area contributed by atoms with Crippen LogP contribution in [-0.4, -0.2) is 61.7 Å². The van der Waals surface area contributed by atoms with Crippen LogP contribution in [0.2, 0.25) is 0 Å². The first-order valence-electron chi connectivity index (χ1n) is 7.72. The van der Waals surface area contributed by atoms with Gasteiger partial charge in [0.05, 0.1) is 0 Å². The molecule has 1 aliphatic rings. The minimum atomic E-state index is 0.662. The Labute approximate surface area is 114 Å². The van der Waals surface area contributed by atoms with Gasteiger partial charge in [0, 0.05) is 24.7 Å². The molecule has 3 nitrogen and oxygen atoms in total. The second-order valence-corrected chi connectivity index (χ2v) is 6.02. The summed E-state index contributed by atoms with van der Waals surface area (Å²) in [5, 5.41) is 3.64. The molecule has 1 N–H and O–H groups in total. The van der Waals surface area contributed by atoms with Gasteiger partial charge in [-0.05, 0) is 53.4 Å². The maximum Gasteiger partial charge on any atom is 0.0197 e. The van der Waals surface area contributed by atoms with E-state index in [1.165, 1.54) is 32.2 Å². The maximum atomic E-state index is 3.64. The fourth-order valence-corrected chi connectivity index (χ4v) is 3.50. The van der Waals surface area contributed by atoms with Crippen LogP contribution in [0.3, 0.4) is 0 Å². The smallest absolute Gasteiger partial charge is 0.0197 e. The number of hydrogen-bond donors (Lipinski definition) is 1. The van der Waals surface area contributed by atoms with Crippen molar-refractivity contribution in [2.45, 2.75) is 64.6 Å². The normalized spacial score (nSPS) is 26.8. The number of hydrogen-bond acceptors (Lipinski definition) is 3. The molecule has 108 valence electrons. The summed E-state index contributed by atoms with van der Waals surface area (Å²) in [5.41, 5.74) is 0. The van der Waals surface area contributed by atoms with Gasteiger partial charge in [0.25, 0.3) is 0 Å². The van der Waals surface area contributed by atoms with Gasteiger partial charge in [-0.15, -0.1) is 0 Å². The zero-order chi connectivity index (χ0) is 13.5. The molecule has 3 atom stereocenters. The molecule has 1 saturated carbocycles. The SMILES string of the molecule is CCNC1CCCC(N(CC)C(C)CN(C)C)C1. The van der Waals surface area contributed by atoms with Gasteiger partial charge in [0.1, 0.15) is 0 Å². The van der Waals surface area contributed by atoms with Crippen molar-refractivity contribution in [1.29, 1.82) is 0 Å². The quantitative estimate of drug-likeness (QED) is 0.752. The summed E-state index contributed by atoms with van der Waals surface area (Å²) in [4.78, 5) is 5.02. The average molecular weight is 255 g/mol. The molecular weight excluding hydrogens is 222 g/mol. The fourth-order valence-electron chi connectivity index (χ4n) is 3.50. The predicted octanol–water partition coefficient (Wildman–Crippen LogP) is 2.18. The predicted molar refractivity (Wildman–Crippen MR) is 80.1 cm³/mol. The third kappa shape index (κ3) is 4.87. The highest BCUT2D eigenvalue weighted by Gasteiger charge is 2.28. The van der Waals surface area contributed by atoms with E-state index in [-0.39, 0.29) is 0 Å². The van der Waals surface area contributed by atoms with Crippen LogP contribution >= 0.6 is 0 Å². The van der Waals surface area contributed by atoms with E-state index in [0.717, 1.165) is 25.2 Å². The zero-order valence-corrected chi connectivity index (χ0v) is 13.1. The van der Waals surface area contributed by atoms with E-state index in [1.807, 2.05) is 0 Å². The molecule has 0 bridgehead atoms. The van der Waals surface area contributed by atoms with Crippen molar-refractivity contribution in [1.82, 2.24) is 15.1 Å². The van der Waals surface area contributed by atoms with Crippen LogP contribution in [0.5, 0.6) is 0 Å². The van der Waals surface area contributed by atoms with E-state index in [0.29, 0.717) is 6.04 Å². The highest BCUT2D eigenvalue weighted by molar-refractivity contribution is 4.86. The lowest BCUT2D eigenvalue weighted by Gasteiger charge is -2.41. The Balaban J connectivity index is 2.52. The van der Waals surface area contributed by atoms with Crippen molar-refractivity contribution in [3.63, 3.8) is 0 Å². The molecule has 1 rings (SSSR count). The molecule has 0 aromatic carbocycles. The second-order valence-electron chi connectivity index (χ2n) is 6.02. The van der Waals surface area contributed by atoms with Crippen LogP contribution in [0.1, 0.15) is 46.5 Å². The van der Waals surface area contributed by atoms with Crippen LogP contribution in [0.4, 0.5) is 0 Å². The standard InChI is InChI=1S/C15H33N3/c1-6-16-14-9-8-10-15(11-14)18(7-2)13(3)12-17(4)5/h13-16H,6-12H2,1-5H3. The van der Waals surface area contributed by atoms with Crippen LogP contribution in [0.25, 0.3) is 0 Å². The Morgan fingerprint density at radius 1 is 1.22 bits per heavy atom. The summed E-state index contributed by atoms with van der Waals surface area (Å²) in [6, 6.07) is 2.19. The third-order valence-electron chi connectivity index (χ3n) is 4.17. The van der Waals surface area contributed by atoms with Gasteiger partial charge in [-0.1, -0.05) is 20.3 Å². The topological polar surface area (TPSA) is 18.5 Å². The van der Waals surface area contributed by atoms with E-state index in [1.54, 1.807) is 0 Å². The summed E-state index contributed by atoms with van der Waals surface area (Å²) in [7, 11) is 4.35. The summed E-state index contributed by atoms with van der Waals surface area (Å²) in [6.45, 7) is 10.4. The van der Waals surface area contributed by atoms with Crippen molar-refractivity contribution >= 4 is 0 Å². The van der Waals surface area contributed by atoms with E-state index >= 15 is 0 Å². The van der Waals surface area contributed by atoms with Gasteiger partial charge < -0.3 is 10.2 Å². The molecular formula is C15H33N3. The zero-order valence-electron chi connectivity index (χ0n) is 13.1.